The zero-order valence-corrected chi connectivity index (χ0v) is 15.3. The van der Waals surface area contributed by atoms with Gasteiger partial charge in [0.2, 0.25) is 15.9 Å². The zero-order valence-electron chi connectivity index (χ0n) is 14.5. The van der Waals surface area contributed by atoms with E-state index in [0.717, 1.165) is 16.7 Å². The van der Waals surface area contributed by atoms with Crippen LogP contribution in [0.4, 0.5) is 0 Å². The van der Waals surface area contributed by atoms with Gasteiger partial charge in [-0.15, -0.1) is 0 Å². The van der Waals surface area contributed by atoms with Crippen LogP contribution < -0.4 is 5.32 Å². The lowest BCUT2D eigenvalue weighted by atomic mass is 10.1. The summed E-state index contributed by atoms with van der Waals surface area (Å²) in [5.41, 5.74) is 2.90. The largest absolute Gasteiger partial charge is 0.354 e. The van der Waals surface area contributed by atoms with Crippen LogP contribution in [0.5, 0.6) is 0 Å². The SMILES string of the molecule is Cc1cccc(CC(=O)NCCN(Cc2ccncc2)S(C)(=O)=O)c1. The van der Waals surface area contributed by atoms with Crippen LogP contribution in [0.25, 0.3) is 0 Å². The summed E-state index contributed by atoms with van der Waals surface area (Å²) in [6, 6.07) is 11.3. The van der Waals surface area contributed by atoms with Gasteiger partial charge in [0.1, 0.15) is 0 Å². The lowest BCUT2D eigenvalue weighted by Crippen LogP contribution is -2.38. The fourth-order valence-electron chi connectivity index (χ4n) is 2.44. The number of sulfonamides is 1. The van der Waals surface area contributed by atoms with E-state index in [9.17, 15) is 13.2 Å². The maximum Gasteiger partial charge on any atom is 0.224 e. The van der Waals surface area contributed by atoms with Crippen molar-refractivity contribution in [1.29, 1.82) is 0 Å². The molecule has 1 aromatic heterocycles. The van der Waals surface area contributed by atoms with Crippen LogP contribution in [0.15, 0.2) is 48.8 Å². The fourth-order valence-corrected chi connectivity index (χ4v) is 3.25. The predicted molar refractivity (Wildman–Crippen MR) is 97.4 cm³/mol. The van der Waals surface area contributed by atoms with Crippen molar-refractivity contribution in [2.75, 3.05) is 19.3 Å². The molecule has 1 N–H and O–H groups in total. The lowest BCUT2D eigenvalue weighted by Gasteiger charge is -2.20. The molecule has 0 fully saturated rings. The first kappa shape index (κ1) is 19.1. The quantitative estimate of drug-likeness (QED) is 0.773. The second-order valence-electron chi connectivity index (χ2n) is 5.97. The van der Waals surface area contributed by atoms with E-state index in [1.54, 1.807) is 24.5 Å². The number of hydrogen-bond donors (Lipinski definition) is 1. The normalized spacial score (nSPS) is 11.5. The average Bonchev–Trinajstić information content (AvgIpc) is 2.54. The summed E-state index contributed by atoms with van der Waals surface area (Å²) in [5.74, 6) is -0.122. The maximum absolute atomic E-state index is 12.0. The van der Waals surface area contributed by atoms with Crippen molar-refractivity contribution >= 4 is 15.9 Å². The summed E-state index contributed by atoms with van der Waals surface area (Å²) in [7, 11) is -3.36. The van der Waals surface area contributed by atoms with E-state index >= 15 is 0 Å². The van der Waals surface area contributed by atoms with Crippen molar-refractivity contribution in [3.05, 3.63) is 65.5 Å². The number of carbonyl (C=O) groups is 1. The third-order valence-corrected chi connectivity index (χ3v) is 4.96. The molecule has 2 rings (SSSR count). The highest BCUT2D eigenvalue weighted by Gasteiger charge is 2.17. The van der Waals surface area contributed by atoms with Crippen LogP contribution in [0.2, 0.25) is 0 Å². The molecule has 0 saturated heterocycles. The smallest absolute Gasteiger partial charge is 0.224 e. The number of aromatic nitrogens is 1. The molecule has 0 bridgehead atoms. The van der Waals surface area contributed by atoms with Crippen molar-refractivity contribution in [1.82, 2.24) is 14.6 Å². The highest BCUT2D eigenvalue weighted by atomic mass is 32.2. The van der Waals surface area contributed by atoms with E-state index < -0.39 is 10.0 Å². The summed E-state index contributed by atoms with van der Waals surface area (Å²) in [5, 5.41) is 2.78. The van der Waals surface area contributed by atoms with Gasteiger partial charge in [-0.3, -0.25) is 9.78 Å². The summed E-state index contributed by atoms with van der Waals surface area (Å²) in [6.07, 6.45) is 4.70. The van der Waals surface area contributed by atoms with Gasteiger partial charge in [0, 0.05) is 32.0 Å². The second-order valence-corrected chi connectivity index (χ2v) is 7.95. The zero-order chi connectivity index (χ0) is 18.3. The van der Waals surface area contributed by atoms with Gasteiger partial charge < -0.3 is 5.32 Å². The van der Waals surface area contributed by atoms with E-state index in [1.807, 2.05) is 31.2 Å². The predicted octanol–water partition coefficient (Wildman–Crippen LogP) is 1.51. The number of hydrogen-bond acceptors (Lipinski definition) is 4. The van der Waals surface area contributed by atoms with Crippen LogP contribution in [-0.2, 0) is 27.8 Å². The van der Waals surface area contributed by atoms with Crippen molar-refractivity contribution in [3.8, 4) is 0 Å². The van der Waals surface area contributed by atoms with Gasteiger partial charge in [-0.1, -0.05) is 29.8 Å². The number of pyridine rings is 1. The summed E-state index contributed by atoms with van der Waals surface area (Å²) >= 11 is 0. The maximum atomic E-state index is 12.0. The molecule has 0 aliphatic carbocycles. The molecule has 0 aliphatic heterocycles. The van der Waals surface area contributed by atoms with E-state index in [0.29, 0.717) is 0 Å². The molecule has 0 radical (unpaired) electrons. The Bertz CT molecular complexity index is 807. The highest BCUT2D eigenvalue weighted by Crippen LogP contribution is 2.07. The molecule has 0 spiro atoms. The minimum Gasteiger partial charge on any atom is -0.354 e. The first-order chi connectivity index (χ1) is 11.8. The summed E-state index contributed by atoms with van der Waals surface area (Å²) < 4.78 is 25.2. The Morgan fingerprint density at radius 1 is 1.16 bits per heavy atom. The van der Waals surface area contributed by atoms with Crippen molar-refractivity contribution < 1.29 is 13.2 Å². The molecule has 0 atom stereocenters. The molecular formula is C18H23N3O3S. The van der Waals surface area contributed by atoms with Crippen LogP contribution >= 0.6 is 0 Å². The van der Waals surface area contributed by atoms with Crippen LogP contribution in [0, 0.1) is 6.92 Å². The number of aryl methyl sites for hydroxylation is 1. The van der Waals surface area contributed by atoms with Crippen LogP contribution in [0.3, 0.4) is 0 Å². The summed E-state index contributed by atoms with van der Waals surface area (Å²) in [4.78, 5) is 15.9. The van der Waals surface area contributed by atoms with Crippen molar-refractivity contribution in [2.45, 2.75) is 19.9 Å². The van der Waals surface area contributed by atoms with Crippen molar-refractivity contribution in [3.63, 3.8) is 0 Å². The van der Waals surface area contributed by atoms with Gasteiger partial charge >= 0.3 is 0 Å². The molecule has 0 aliphatic rings. The first-order valence-electron chi connectivity index (χ1n) is 8.01. The third-order valence-electron chi connectivity index (χ3n) is 3.71. The molecule has 25 heavy (non-hydrogen) atoms. The van der Waals surface area contributed by atoms with Gasteiger partial charge in [0.25, 0.3) is 0 Å². The molecule has 1 aromatic carbocycles. The molecule has 1 amide bonds. The Labute approximate surface area is 148 Å². The van der Waals surface area contributed by atoms with E-state index in [4.69, 9.17) is 0 Å². The topological polar surface area (TPSA) is 79.4 Å². The third kappa shape index (κ3) is 6.64. The Hall–Kier alpha value is -2.25. The Balaban J connectivity index is 1.87. The molecule has 2 aromatic rings. The number of carbonyl (C=O) groups excluding carboxylic acids is 1. The minimum atomic E-state index is -3.36. The molecule has 1 heterocycles. The van der Waals surface area contributed by atoms with Gasteiger partial charge in [0.15, 0.2) is 0 Å². The molecule has 7 heteroatoms. The van der Waals surface area contributed by atoms with E-state index in [1.165, 1.54) is 10.6 Å². The van der Waals surface area contributed by atoms with E-state index in [-0.39, 0.29) is 32.0 Å². The van der Waals surface area contributed by atoms with E-state index in [2.05, 4.69) is 10.3 Å². The summed E-state index contributed by atoms with van der Waals surface area (Å²) in [6.45, 7) is 2.73. The fraction of sp³-hybridized carbons (Fsp3) is 0.333. The van der Waals surface area contributed by atoms with Gasteiger partial charge in [-0.25, -0.2) is 8.42 Å². The van der Waals surface area contributed by atoms with Gasteiger partial charge in [-0.05, 0) is 30.2 Å². The number of rotatable bonds is 8. The minimum absolute atomic E-state index is 0.122. The Morgan fingerprint density at radius 2 is 1.88 bits per heavy atom. The highest BCUT2D eigenvalue weighted by molar-refractivity contribution is 7.88. The second kappa shape index (κ2) is 8.73. The number of nitrogens with one attached hydrogen (secondary N) is 1. The average molecular weight is 361 g/mol. The van der Waals surface area contributed by atoms with Crippen LogP contribution in [0.1, 0.15) is 16.7 Å². The Morgan fingerprint density at radius 3 is 2.52 bits per heavy atom. The molecular weight excluding hydrogens is 338 g/mol. The number of nitrogens with zero attached hydrogens (tertiary/aromatic N) is 2. The van der Waals surface area contributed by atoms with Crippen LogP contribution in [-0.4, -0.2) is 43.0 Å². The standard InChI is InChI=1S/C18H23N3O3S/c1-15-4-3-5-17(12-15)13-18(22)20-10-11-21(25(2,23)24)14-16-6-8-19-9-7-16/h3-9,12H,10-11,13-14H2,1-2H3,(H,20,22). The van der Waals surface area contributed by atoms with Gasteiger partial charge in [-0.2, -0.15) is 4.31 Å². The molecule has 6 nitrogen and oxygen atoms in total. The lowest BCUT2D eigenvalue weighted by molar-refractivity contribution is -0.120. The van der Waals surface area contributed by atoms with Crippen molar-refractivity contribution in [2.24, 2.45) is 0 Å². The number of benzene rings is 1. The Kier molecular flexibility index (Phi) is 6.66. The molecule has 0 saturated carbocycles. The molecule has 134 valence electrons. The first-order valence-corrected chi connectivity index (χ1v) is 9.86. The monoisotopic (exact) mass is 361 g/mol. The van der Waals surface area contributed by atoms with Gasteiger partial charge in [0.05, 0.1) is 12.7 Å². The molecule has 0 unspecified atom stereocenters. The number of amides is 1.